The third-order valence-corrected chi connectivity index (χ3v) is 8.50. The highest BCUT2D eigenvalue weighted by atomic mass is 19.4. The zero-order valence-electron chi connectivity index (χ0n) is 21.4. The minimum atomic E-state index is -4.59. The number of hydrogen-bond donors (Lipinski definition) is 3. The normalized spacial score (nSPS) is 26.7. The second kappa shape index (κ2) is 10.3. The minimum Gasteiger partial charge on any atom is -0.395 e. The molecule has 0 bridgehead atoms. The van der Waals surface area contributed by atoms with Crippen LogP contribution in [0.1, 0.15) is 49.3 Å². The zero-order valence-corrected chi connectivity index (χ0v) is 21.4. The van der Waals surface area contributed by atoms with Gasteiger partial charge in [0.1, 0.15) is 0 Å². The average molecular weight is 527 g/mol. The molecule has 12 heteroatoms. The maximum absolute atomic E-state index is 14.1. The third-order valence-electron chi connectivity index (χ3n) is 8.50. The van der Waals surface area contributed by atoms with Gasteiger partial charge in [-0.1, -0.05) is 6.42 Å². The Bertz CT molecular complexity index is 1160. The van der Waals surface area contributed by atoms with Crippen molar-refractivity contribution >= 4 is 5.52 Å². The highest BCUT2D eigenvalue weighted by Crippen LogP contribution is 2.49. The second-order valence-electron chi connectivity index (χ2n) is 11.1. The number of alkyl halides is 3. The molecule has 1 aliphatic carbocycles. The molecule has 2 aromatic rings. The number of hydrogen-bond acceptors (Lipinski definition) is 7. The van der Waals surface area contributed by atoms with E-state index in [0.717, 1.165) is 49.2 Å². The summed E-state index contributed by atoms with van der Waals surface area (Å²) in [7, 11) is 3.79. The van der Waals surface area contributed by atoms with Crippen LogP contribution in [-0.2, 0) is 17.5 Å². The Kier molecular flexibility index (Phi) is 7.42. The molecule has 3 fully saturated rings. The van der Waals surface area contributed by atoms with E-state index in [-0.39, 0.29) is 36.3 Å². The van der Waals surface area contributed by atoms with Crippen LogP contribution in [0.4, 0.5) is 13.2 Å². The number of nitrogens with zero attached hydrogens (tertiary/aromatic N) is 4. The van der Waals surface area contributed by atoms with E-state index in [9.17, 15) is 18.0 Å². The number of likely N-dealkylation sites (N-methyl/N-ethyl adjacent to an activating group) is 1. The first-order valence-corrected chi connectivity index (χ1v) is 13.0. The van der Waals surface area contributed by atoms with Gasteiger partial charge in [0.05, 0.1) is 43.7 Å². The Hall–Kier alpha value is -1.96. The molecule has 2 saturated heterocycles. The second-order valence-corrected chi connectivity index (χ2v) is 11.1. The molecule has 9 nitrogen and oxygen atoms in total. The number of nitrogens with one attached hydrogen (secondary N) is 2. The SMILES string of the molecule is CN(CCO)Cc1cc(C(F)(F)F)c2cn(C3CCCC(C4(CC5NNCN5C)COC4)C3)c(=O)n2c1. The smallest absolute Gasteiger partial charge is 0.395 e. The number of imidazole rings is 1. The van der Waals surface area contributed by atoms with E-state index in [1.165, 1.54) is 17.0 Å². The number of ether oxygens (including phenoxy) is 1. The van der Waals surface area contributed by atoms with E-state index >= 15 is 0 Å². The van der Waals surface area contributed by atoms with Gasteiger partial charge in [-0.3, -0.25) is 18.8 Å². The van der Waals surface area contributed by atoms with E-state index in [0.29, 0.717) is 31.2 Å². The lowest BCUT2D eigenvalue weighted by Crippen LogP contribution is -2.54. The van der Waals surface area contributed by atoms with Crippen molar-refractivity contribution in [2.24, 2.45) is 11.3 Å². The van der Waals surface area contributed by atoms with Gasteiger partial charge in [0, 0.05) is 36.9 Å². The predicted octanol–water partition coefficient (Wildman–Crippen LogP) is 2.01. The first-order chi connectivity index (χ1) is 17.6. The number of pyridine rings is 1. The van der Waals surface area contributed by atoms with Crippen molar-refractivity contribution < 1.29 is 23.0 Å². The quantitative estimate of drug-likeness (QED) is 0.485. The van der Waals surface area contributed by atoms with Crippen LogP contribution in [0, 0.1) is 11.3 Å². The minimum absolute atomic E-state index is 0.000965. The van der Waals surface area contributed by atoms with Gasteiger partial charge < -0.3 is 9.84 Å². The molecular formula is C25H37F3N6O3. The summed E-state index contributed by atoms with van der Waals surface area (Å²) < 4.78 is 50.5. The van der Waals surface area contributed by atoms with E-state index < -0.39 is 17.4 Å². The van der Waals surface area contributed by atoms with Crippen molar-refractivity contribution in [3.63, 3.8) is 0 Å². The molecule has 3 N–H and O–H groups in total. The molecule has 3 unspecified atom stereocenters. The summed E-state index contributed by atoms with van der Waals surface area (Å²) in [5.74, 6) is 0.329. The Morgan fingerprint density at radius 1 is 1.27 bits per heavy atom. The summed E-state index contributed by atoms with van der Waals surface area (Å²) in [6.45, 7) is 2.54. The fourth-order valence-corrected chi connectivity index (χ4v) is 6.36. The van der Waals surface area contributed by atoms with Crippen molar-refractivity contribution in [3.05, 3.63) is 40.1 Å². The van der Waals surface area contributed by atoms with Gasteiger partial charge in [-0.25, -0.2) is 15.6 Å². The van der Waals surface area contributed by atoms with Crippen LogP contribution in [0.3, 0.4) is 0 Å². The molecule has 0 amide bonds. The average Bonchev–Trinajstić information content (AvgIpc) is 3.38. The number of hydrazine groups is 1. The summed E-state index contributed by atoms with van der Waals surface area (Å²) >= 11 is 0. The van der Waals surface area contributed by atoms with Crippen molar-refractivity contribution in [1.29, 1.82) is 0 Å². The highest BCUT2D eigenvalue weighted by molar-refractivity contribution is 5.56. The lowest BCUT2D eigenvalue weighted by atomic mass is 9.64. The van der Waals surface area contributed by atoms with Crippen LogP contribution in [0.15, 0.2) is 23.3 Å². The Balaban J connectivity index is 1.44. The topological polar surface area (TPSA) is 86.4 Å². The molecule has 3 aliphatic rings. The molecule has 0 aromatic carbocycles. The zero-order chi connectivity index (χ0) is 26.4. The van der Waals surface area contributed by atoms with Gasteiger partial charge in [0.25, 0.3) is 0 Å². The fraction of sp³-hybridized carbons (Fsp3) is 0.720. The molecule has 5 rings (SSSR count). The van der Waals surface area contributed by atoms with Crippen LogP contribution >= 0.6 is 0 Å². The van der Waals surface area contributed by atoms with Gasteiger partial charge in [-0.05, 0) is 57.3 Å². The summed E-state index contributed by atoms with van der Waals surface area (Å²) in [6.07, 6.45) is 2.90. The van der Waals surface area contributed by atoms with Gasteiger partial charge in [-0.2, -0.15) is 13.2 Å². The molecule has 2 aliphatic heterocycles. The van der Waals surface area contributed by atoms with E-state index in [1.807, 2.05) is 0 Å². The number of fused-ring (bicyclic) bond motifs is 1. The Morgan fingerprint density at radius 2 is 2.05 bits per heavy atom. The van der Waals surface area contributed by atoms with Crippen LogP contribution in [-0.4, -0.2) is 77.2 Å². The molecule has 0 radical (unpaired) electrons. The molecule has 206 valence electrons. The monoisotopic (exact) mass is 526 g/mol. The molecule has 3 atom stereocenters. The maximum Gasteiger partial charge on any atom is 0.418 e. The number of rotatable bonds is 8. The number of aliphatic hydroxyl groups is 1. The Morgan fingerprint density at radius 3 is 2.68 bits per heavy atom. The van der Waals surface area contributed by atoms with Crippen molar-refractivity contribution in [2.75, 3.05) is 47.1 Å². The van der Waals surface area contributed by atoms with Crippen molar-refractivity contribution in [3.8, 4) is 0 Å². The summed E-state index contributed by atoms with van der Waals surface area (Å²) in [5, 5.41) is 9.16. The Labute approximate surface area is 214 Å². The standard InChI is InChI=1S/C25H37F3N6O3/c1-31(6-7-35)11-17-8-20(25(26,27)28)21-13-33(23(36)34(21)12-17)19-5-3-4-18(9-19)24(14-37-15-24)10-22-30-29-16-32(22)2/h8,12-13,18-19,22,29-30,35H,3-7,9-11,14-16H2,1-2H3. The molecular weight excluding hydrogens is 489 g/mol. The number of aromatic nitrogens is 2. The lowest BCUT2D eigenvalue weighted by Gasteiger charge is -2.51. The number of halogens is 3. The third kappa shape index (κ3) is 5.19. The van der Waals surface area contributed by atoms with Gasteiger partial charge in [0.2, 0.25) is 0 Å². The fourth-order valence-electron chi connectivity index (χ4n) is 6.36. The molecule has 1 saturated carbocycles. The summed E-state index contributed by atoms with van der Waals surface area (Å²) in [5.41, 5.74) is 5.52. The van der Waals surface area contributed by atoms with Gasteiger partial charge >= 0.3 is 11.9 Å². The lowest BCUT2D eigenvalue weighted by molar-refractivity contribution is -0.167. The predicted molar refractivity (Wildman–Crippen MR) is 132 cm³/mol. The van der Waals surface area contributed by atoms with E-state index in [4.69, 9.17) is 9.84 Å². The first-order valence-electron chi connectivity index (χ1n) is 13.0. The van der Waals surface area contributed by atoms with Crippen LogP contribution < -0.4 is 16.5 Å². The largest absolute Gasteiger partial charge is 0.418 e. The van der Waals surface area contributed by atoms with E-state index in [2.05, 4.69) is 22.8 Å². The summed E-state index contributed by atoms with van der Waals surface area (Å²) in [4.78, 5) is 17.4. The van der Waals surface area contributed by atoms with Gasteiger partial charge in [0.15, 0.2) is 0 Å². The number of aliphatic hydroxyl groups excluding tert-OH is 1. The van der Waals surface area contributed by atoms with Crippen LogP contribution in [0.2, 0.25) is 0 Å². The molecule has 0 spiro atoms. The van der Waals surface area contributed by atoms with Crippen molar-refractivity contribution in [2.45, 2.75) is 57.0 Å². The molecule has 2 aromatic heterocycles. The van der Waals surface area contributed by atoms with E-state index in [1.54, 1.807) is 11.9 Å². The summed E-state index contributed by atoms with van der Waals surface area (Å²) in [6, 6.07) is 0.967. The molecule has 37 heavy (non-hydrogen) atoms. The van der Waals surface area contributed by atoms with Crippen LogP contribution in [0.25, 0.3) is 5.52 Å². The van der Waals surface area contributed by atoms with Crippen molar-refractivity contribution in [1.82, 2.24) is 29.6 Å². The highest BCUT2D eigenvalue weighted by Gasteiger charge is 2.49. The van der Waals surface area contributed by atoms with Gasteiger partial charge in [-0.15, -0.1) is 0 Å². The molecule has 4 heterocycles. The van der Waals surface area contributed by atoms with Crippen LogP contribution in [0.5, 0.6) is 0 Å². The first kappa shape index (κ1) is 26.6. The maximum atomic E-state index is 14.1.